The first kappa shape index (κ1) is 7.88. The smallest absolute Gasteiger partial charge is 0.180 e. The van der Waals surface area contributed by atoms with E-state index in [-0.39, 0.29) is 12.1 Å². The van der Waals surface area contributed by atoms with Gasteiger partial charge in [0, 0.05) is 6.04 Å². The molecule has 11 heavy (non-hydrogen) atoms. The Balaban J connectivity index is 2.67. The number of piperidine rings is 1. The topological polar surface area (TPSA) is 50.8 Å². The highest BCUT2D eigenvalue weighted by atomic mass is 15.2. The molecule has 0 aromatic heterocycles. The second kappa shape index (κ2) is 3.25. The molecule has 0 aromatic rings. The van der Waals surface area contributed by atoms with Gasteiger partial charge < -0.3 is 0 Å². The lowest BCUT2D eigenvalue weighted by atomic mass is 9.98. The second-order valence-corrected chi connectivity index (χ2v) is 2.93. The fourth-order valence-corrected chi connectivity index (χ4v) is 1.49. The maximum absolute atomic E-state index is 8.69. The minimum Gasteiger partial charge on any atom is -0.291 e. The lowest BCUT2D eigenvalue weighted by Crippen LogP contribution is -2.40. The molecule has 1 aliphatic heterocycles. The summed E-state index contributed by atoms with van der Waals surface area (Å²) in [5.41, 5.74) is 0. The number of rotatable bonds is 0. The summed E-state index contributed by atoms with van der Waals surface area (Å²) in [7, 11) is 0. The molecule has 1 aliphatic rings. The summed E-state index contributed by atoms with van der Waals surface area (Å²) in [5.74, 6) is 0. The van der Waals surface area contributed by atoms with Crippen LogP contribution < -0.4 is 0 Å². The monoisotopic (exact) mass is 149 g/mol. The van der Waals surface area contributed by atoms with Crippen LogP contribution in [0.3, 0.4) is 0 Å². The molecule has 0 amide bonds. The molecule has 1 heterocycles. The quantitative estimate of drug-likeness (QED) is 0.487. The molecule has 1 fully saturated rings. The van der Waals surface area contributed by atoms with Gasteiger partial charge in [-0.05, 0) is 26.2 Å². The van der Waals surface area contributed by atoms with E-state index in [9.17, 15) is 0 Å². The Labute approximate surface area is 66.8 Å². The van der Waals surface area contributed by atoms with Gasteiger partial charge in [0.2, 0.25) is 0 Å². The standard InChI is InChI=1S/C8H11N3/c1-7-3-2-4-8(5-9)11(7)6-10/h7-8H,2-4H2,1H3. The summed E-state index contributed by atoms with van der Waals surface area (Å²) in [4.78, 5) is 1.60. The van der Waals surface area contributed by atoms with E-state index in [2.05, 4.69) is 12.3 Å². The van der Waals surface area contributed by atoms with Crippen molar-refractivity contribution in [2.45, 2.75) is 38.3 Å². The van der Waals surface area contributed by atoms with E-state index in [4.69, 9.17) is 10.5 Å². The van der Waals surface area contributed by atoms with Crippen LogP contribution in [0.1, 0.15) is 26.2 Å². The third-order valence-electron chi connectivity index (χ3n) is 2.17. The van der Waals surface area contributed by atoms with Crippen molar-refractivity contribution in [1.29, 1.82) is 10.5 Å². The highest BCUT2D eigenvalue weighted by Crippen LogP contribution is 2.20. The van der Waals surface area contributed by atoms with Crippen LogP contribution in [0.25, 0.3) is 0 Å². The Hall–Kier alpha value is -1.22. The Morgan fingerprint density at radius 3 is 2.55 bits per heavy atom. The zero-order valence-electron chi connectivity index (χ0n) is 6.62. The third kappa shape index (κ3) is 1.43. The average Bonchev–Trinajstić information content (AvgIpc) is 2.04. The van der Waals surface area contributed by atoms with Gasteiger partial charge in [0.05, 0.1) is 6.07 Å². The molecular weight excluding hydrogens is 138 g/mol. The molecular formula is C8H11N3. The number of hydrogen-bond acceptors (Lipinski definition) is 3. The first-order chi connectivity index (χ1) is 5.29. The Morgan fingerprint density at radius 2 is 2.09 bits per heavy atom. The second-order valence-electron chi connectivity index (χ2n) is 2.93. The van der Waals surface area contributed by atoms with Gasteiger partial charge in [-0.2, -0.15) is 10.5 Å². The van der Waals surface area contributed by atoms with Crippen molar-refractivity contribution >= 4 is 0 Å². The fourth-order valence-electron chi connectivity index (χ4n) is 1.49. The van der Waals surface area contributed by atoms with E-state index in [0.717, 1.165) is 19.3 Å². The Bertz CT molecular complexity index is 210. The molecule has 2 unspecified atom stereocenters. The molecule has 0 radical (unpaired) electrons. The minimum absolute atomic E-state index is 0.177. The first-order valence-electron chi connectivity index (χ1n) is 3.87. The van der Waals surface area contributed by atoms with E-state index >= 15 is 0 Å². The van der Waals surface area contributed by atoms with Gasteiger partial charge in [0.1, 0.15) is 6.04 Å². The zero-order chi connectivity index (χ0) is 8.27. The molecule has 0 N–H and O–H groups in total. The van der Waals surface area contributed by atoms with Gasteiger partial charge in [-0.1, -0.05) is 0 Å². The van der Waals surface area contributed by atoms with Gasteiger partial charge >= 0.3 is 0 Å². The van der Waals surface area contributed by atoms with Crippen molar-refractivity contribution in [1.82, 2.24) is 4.90 Å². The molecule has 2 atom stereocenters. The van der Waals surface area contributed by atoms with Crippen LogP contribution in [0.4, 0.5) is 0 Å². The predicted molar refractivity (Wildman–Crippen MR) is 40.2 cm³/mol. The Morgan fingerprint density at radius 1 is 1.36 bits per heavy atom. The SMILES string of the molecule is CC1CCCC(C#N)N1C#N. The van der Waals surface area contributed by atoms with Gasteiger partial charge in [-0.3, -0.25) is 4.90 Å². The van der Waals surface area contributed by atoms with E-state index in [1.54, 1.807) is 4.90 Å². The molecule has 0 aliphatic carbocycles. The van der Waals surface area contributed by atoms with Crippen molar-refractivity contribution in [3.63, 3.8) is 0 Å². The molecule has 58 valence electrons. The van der Waals surface area contributed by atoms with E-state index in [0.29, 0.717) is 0 Å². The number of nitriles is 2. The van der Waals surface area contributed by atoms with Crippen molar-refractivity contribution in [3.05, 3.63) is 0 Å². The van der Waals surface area contributed by atoms with Crippen LogP contribution in [0.15, 0.2) is 0 Å². The Kier molecular flexibility index (Phi) is 2.33. The number of hydrogen-bond donors (Lipinski definition) is 0. The summed E-state index contributed by atoms with van der Waals surface area (Å²) < 4.78 is 0. The highest BCUT2D eigenvalue weighted by Gasteiger charge is 2.26. The van der Waals surface area contributed by atoms with Gasteiger partial charge in [0.25, 0.3) is 0 Å². The zero-order valence-corrected chi connectivity index (χ0v) is 6.62. The van der Waals surface area contributed by atoms with Crippen LogP contribution in [0.2, 0.25) is 0 Å². The predicted octanol–water partition coefficient (Wildman–Crippen LogP) is 1.23. The molecule has 0 bridgehead atoms. The van der Waals surface area contributed by atoms with Crippen molar-refractivity contribution in [2.75, 3.05) is 0 Å². The van der Waals surface area contributed by atoms with Gasteiger partial charge in [-0.15, -0.1) is 0 Å². The molecule has 1 saturated heterocycles. The molecule has 3 nitrogen and oxygen atoms in total. The third-order valence-corrected chi connectivity index (χ3v) is 2.17. The minimum atomic E-state index is -0.177. The summed E-state index contributed by atoms with van der Waals surface area (Å²) in [6, 6.07) is 2.21. The highest BCUT2D eigenvalue weighted by molar-refractivity contribution is 5.01. The van der Waals surface area contributed by atoms with E-state index < -0.39 is 0 Å². The summed E-state index contributed by atoms with van der Waals surface area (Å²) in [6.07, 6.45) is 5.01. The van der Waals surface area contributed by atoms with Crippen molar-refractivity contribution in [2.24, 2.45) is 0 Å². The van der Waals surface area contributed by atoms with Gasteiger partial charge in [-0.25, -0.2) is 0 Å². The van der Waals surface area contributed by atoms with Crippen LogP contribution in [0.5, 0.6) is 0 Å². The fraction of sp³-hybridized carbons (Fsp3) is 0.750. The van der Waals surface area contributed by atoms with Crippen LogP contribution in [-0.4, -0.2) is 17.0 Å². The van der Waals surface area contributed by atoms with Crippen LogP contribution in [-0.2, 0) is 0 Å². The van der Waals surface area contributed by atoms with E-state index in [1.807, 2.05) is 6.92 Å². The molecule has 0 spiro atoms. The normalized spacial score (nSPS) is 30.6. The molecule has 1 rings (SSSR count). The maximum Gasteiger partial charge on any atom is 0.180 e. The average molecular weight is 149 g/mol. The largest absolute Gasteiger partial charge is 0.291 e. The first-order valence-corrected chi connectivity index (χ1v) is 3.87. The van der Waals surface area contributed by atoms with Crippen molar-refractivity contribution < 1.29 is 0 Å². The lowest BCUT2D eigenvalue weighted by Gasteiger charge is -2.32. The number of likely N-dealkylation sites (tertiary alicyclic amines) is 1. The summed E-state index contributed by atoms with van der Waals surface area (Å²) >= 11 is 0. The maximum atomic E-state index is 8.69. The van der Waals surface area contributed by atoms with Crippen molar-refractivity contribution in [3.8, 4) is 12.3 Å². The molecule has 3 heteroatoms. The van der Waals surface area contributed by atoms with E-state index in [1.165, 1.54) is 0 Å². The van der Waals surface area contributed by atoms with Crippen LogP contribution >= 0.6 is 0 Å². The summed E-state index contributed by atoms with van der Waals surface area (Å²) in [5, 5.41) is 17.4. The molecule has 0 saturated carbocycles. The lowest BCUT2D eigenvalue weighted by molar-refractivity contribution is 0.198. The van der Waals surface area contributed by atoms with Crippen LogP contribution in [0, 0.1) is 22.8 Å². The number of nitrogens with zero attached hydrogens (tertiary/aromatic N) is 3. The summed E-state index contributed by atoms with van der Waals surface area (Å²) in [6.45, 7) is 1.99. The molecule has 0 aromatic carbocycles. The van der Waals surface area contributed by atoms with Gasteiger partial charge in [0.15, 0.2) is 6.19 Å².